The summed E-state index contributed by atoms with van der Waals surface area (Å²) in [6.45, 7) is 2.01. The van der Waals surface area contributed by atoms with E-state index >= 15 is 0 Å². The molecule has 3 rings (SSSR count). The average Bonchev–Trinajstić information content (AvgIpc) is 3.04. The largest absolute Gasteiger partial charge is 0.497 e. The molecule has 0 unspecified atom stereocenters. The highest BCUT2D eigenvalue weighted by Gasteiger charge is 2.12. The van der Waals surface area contributed by atoms with E-state index in [0.717, 1.165) is 16.9 Å². The molecule has 0 spiro atoms. The van der Waals surface area contributed by atoms with E-state index in [1.165, 1.54) is 0 Å². The zero-order chi connectivity index (χ0) is 16.9. The molecular formula is C18H17N3O3. The van der Waals surface area contributed by atoms with Crippen molar-refractivity contribution in [3.63, 3.8) is 0 Å². The highest BCUT2D eigenvalue weighted by Crippen LogP contribution is 2.18. The van der Waals surface area contributed by atoms with Crippen LogP contribution < -0.4 is 10.1 Å². The quantitative estimate of drug-likeness (QED) is 0.780. The fourth-order valence-electron chi connectivity index (χ4n) is 2.16. The number of nitrogens with zero attached hydrogens (tertiary/aromatic N) is 2. The van der Waals surface area contributed by atoms with Gasteiger partial charge in [-0.3, -0.25) is 4.79 Å². The minimum Gasteiger partial charge on any atom is -0.497 e. The molecule has 24 heavy (non-hydrogen) atoms. The smallest absolute Gasteiger partial charge is 0.257 e. The van der Waals surface area contributed by atoms with E-state index in [0.29, 0.717) is 17.4 Å². The summed E-state index contributed by atoms with van der Waals surface area (Å²) >= 11 is 0. The predicted molar refractivity (Wildman–Crippen MR) is 89.8 cm³/mol. The number of aryl methyl sites for hydroxylation is 1. The maximum atomic E-state index is 12.1. The molecule has 122 valence electrons. The van der Waals surface area contributed by atoms with E-state index in [2.05, 4.69) is 15.5 Å². The number of benzene rings is 2. The third-order valence-corrected chi connectivity index (χ3v) is 3.46. The van der Waals surface area contributed by atoms with Gasteiger partial charge in [0.05, 0.1) is 13.5 Å². The first-order valence-electron chi connectivity index (χ1n) is 7.47. The second-order valence-electron chi connectivity index (χ2n) is 5.34. The molecule has 1 aromatic heterocycles. The molecule has 0 atom stereocenters. The first-order chi connectivity index (χ1) is 11.6. The highest BCUT2D eigenvalue weighted by molar-refractivity contribution is 5.91. The molecule has 6 nitrogen and oxygen atoms in total. The lowest BCUT2D eigenvalue weighted by Gasteiger charge is -2.04. The van der Waals surface area contributed by atoms with Crippen LogP contribution >= 0.6 is 0 Å². The first-order valence-corrected chi connectivity index (χ1v) is 7.47. The van der Waals surface area contributed by atoms with E-state index in [1.54, 1.807) is 31.4 Å². The number of methoxy groups -OCH3 is 1. The van der Waals surface area contributed by atoms with Crippen LogP contribution in [0.15, 0.2) is 53.1 Å². The number of nitrogens with one attached hydrogen (secondary N) is 1. The van der Waals surface area contributed by atoms with Crippen molar-refractivity contribution in [3.05, 3.63) is 59.9 Å². The van der Waals surface area contributed by atoms with Crippen molar-refractivity contribution in [1.82, 2.24) is 10.1 Å². The first kappa shape index (κ1) is 15.7. The second kappa shape index (κ2) is 6.95. The molecule has 1 heterocycles. The van der Waals surface area contributed by atoms with Crippen LogP contribution in [0.5, 0.6) is 5.75 Å². The SMILES string of the molecule is COc1ccc(NC(=O)Cc2noc(-c3ccc(C)cc3)n2)cc1. The van der Waals surface area contributed by atoms with Crippen LogP contribution in [0.25, 0.3) is 11.5 Å². The molecule has 0 radical (unpaired) electrons. The summed E-state index contributed by atoms with van der Waals surface area (Å²) in [4.78, 5) is 16.3. The van der Waals surface area contributed by atoms with Crippen molar-refractivity contribution < 1.29 is 14.1 Å². The standard InChI is InChI=1S/C18H17N3O3/c1-12-3-5-13(6-4-12)18-20-16(21-24-18)11-17(22)19-14-7-9-15(23-2)10-8-14/h3-10H,11H2,1-2H3,(H,19,22). The van der Waals surface area contributed by atoms with Gasteiger partial charge in [-0.15, -0.1) is 0 Å². The fraction of sp³-hybridized carbons (Fsp3) is 0.167. The summed E-state index contributed by atoms with van der Waals surface area (Å²) in [5, 5.41) is 6.64. The Morgan fingerprint density at radius 2 is 1.83 bits per heavy atom. The van der Waals surface area contributed by atoms with E-state index in [-0.39, 0.29) is 12.3 Å². The molecule has 1 amide bonds. The van der Waals surface area contributed by atoms with E-state index in [1.807, 2.05) is 31.2 Å². The zero-order valence-corrected chi connectivity index (χ0v) is 13.4. The summed E-state index contributed by atoms with van der Waals surface area (Å²) in [6, 6.07) is 14.8. The summed E-state index contributed by atoms with van der Waals surface area (Å²) in [5.74, 6) is 1.27. The number of hydrogen-bond donors (Lipinski definition) is 1. The molecule has 0 bridgehead atoms. The molecule has 6 heteroatoms. The monoisotopic (exact) mass is 323 g/mol. The lowest BCUT2D eigenvalue weighted by molar-refractivity contribution is -0.115. The van der Waals surface area contributed by atoms with Crippen LogP contribution in [0.2, 0.25) is 0 Å². The van der Waals surface area contributed by atoms with Gasteiger partial charge in [0.15, 0.2) is 5.82 Å². The van der Waals surface area contributed by atoms with E-state index < -0.39 is 0 Å². The average molecular weight is 323 g/mol. The third-order valence-electron chi connectivity index (χ3n) is 3.46. The maximum Gasteiger partial charge on any atom is 0.257 e. The Balaban J connectivity index is 1.63. The van der Waals surface area contributed by atoms with Gasteiger partial charge in [-0.2, -0.15) is 4.98 Å². The lowest BCUT2D eigenvalue weighted by Crippen LogP contribution is -2.15. The molecular weight excluding hydrogens is 306 g/mol. The summed E-state index contributed by atoms with van der Waals surface area (Å²) in [5.41, 5.74) is 2.66. The number of carbonyl (C=O) groups is 1. The van der Waals surface area contributed by atoms with Crippen molar-refractivity contribution in [1.29, 1.82) is 0 Å². The van der Waals surface area contributed by atoms with E-state index in [9.17, 15) is 4.79 Å². The zero-order valence-electron chi connectivity index (χ0n) is 13.4. The predicted octanol–water partition coefficient (Wildman–Crippen LogP) is 3.23. The normalized spacial score (nSPS) is 10.4. The van der Waals surface area contributed by atoms with Gasteiger partial charge in [-0.25, -0.2) is 0 Å². The van der Waals surface area contributed by atoms with Gasteiger partial charge < -0.3 is 14.6 Å². The van der Waals surface area contributed by atoms with Gasteiger partial charge in [-0.1, -0.05) is 22.9 Å². The van der Waals surface area contributed by atoms with Gasteiger partial charge in [-0.05, 0) is 43.3 Å². The topological polar surface area (TPSA) is 77.2 Å². The lowest BCUT2D eigenvalue weighted by atomic mass is 10.1. The fourth-order valence-corrected chi connectivity index (χ4v) is 2.16. The molecule has 0 aliphatic heterocycles. The molecule has 1 N–H and O–H groups in total. The van der Waals surface area contributed by atoms with Crippen LogP contribution in [-0.2, 0) is 11.2 Å². The molecule has 3 aromatic rings. The highest BCUT2D eigenvalue weighted by atomic mass is 16.5. The Hall–Kier alpha value is -3.15. The van der Waals surface area contributed by atoms with Crippen molar-refractivity contribution in [2.24, 2.45) is 0 Å². The van der Waals surface area contributed by atoms with Crippen molar-refractivity contribution >= 4 is 11.6 Å². The summed E-state index contributed by atoms with van der Waals surface area (Å²) in [6.07, 6.45) is 0.0430. The minimum atomic E-state index is -0.212. The van der Waals surface area contributed by atoms with Gasteiger partial charge in [0.1, 0.15) is 5.75 Å². The minimum absolute atomic E-state index is 0.0430. The number of amides is 1. The van der Waals surface area contributed by atoms with Crippen LogP contribution in [0.3, 0.4) is 0 Å². The number of aromatic nitrogens is 2. The molecule has 2 aromatic carbocycles. The molecule has 0 aliphatic rings. The molecule has 0 fully saturated rings. The van der Waals surface area contributed by atoms with Gasteiger partial charge in [0.25, 0.3) is 5.89 Å². The Morgan fingerprint density at radius 1 is 1.12 bits per heavy atom. The van der Waals surface area contributed by atoms with E-state index in [4.69, 9.17) is 9.26 Å². The van der Waals surface area contributed by atoms with Gasteiger partial charge in [0.2, 0.25) is 5.91 Å². The van der Waals surface area contributed by atoms with Crippen molar-refractivity contribution in [3.8, 4) is 17.2 Å². The van der Waals surface area contributed by atoms with Crippen LogP contribution in [-0.4, -0.2) is 23.2 Å². The van der Waals surface area contributed by atoms with Crippen molar-refractivity contribution in [2.45, 2.75) is 13.3 Å². The molecule has 0 aliphatic carbocycles. The number of rotatable bonds is 5. The number of anilines is 1. The maximum absolute atomic E-state index is 12.1. The number of hydrogen-bond acceptors (Lipinski definition) is 5. The third kappa shape index (κ3) is 3.78. The number of ether oxygens (including phenoxy) is 1. The molecule has 0 saturated carbocycles. The van der Waals surface area contributed by atoms with Crippen LogP contribution in [0.4, 0.5) is 5.69 Å². The van der Waals surface area contributed by atoms with Crippen LogP contribution in [0, 0.1) is 6.92 Å². The Bertz CT molecular complexity index is 823. The van der Waals surface area contributed by atoms with Gasteiger partial charge >= 0.3 is 0 Å². The summed E-state index contributed by atoms with van der Waals surface area (Å²) < 4.78 is 10.3. The Kier molecular flexibility index (Phi) is 4.56. The summed E-state index contributed by atoms with van der Waals surface area (Å²) in [7, 11) is 1.59. The second-order valence-corrected chi connectivity index (χ2v) is 5.34. The van der Waals surface area contributed by atoms with Gasteiger partial charge in [0, 0.05) is 11.3 Å². The molecule has 0 saturated heterocycles. The Labute approximate surface area is 139 Å². The van der Waals surface area contributed by atoms with Crippen LogP contribution in [0.1, 0.15) is 11.4 Å². The van der Waals surface area contributed by atoms with Crippen molar-refractivity contribution in [2.75, 3.05) is 12.4 Å². The number of carbonyl (C=O) groups excluding carboxylic acids is 1. The Morgan fingerprint density at radius 3 is 2.50 bits per heavy atom.